The van der Waals surface area contributed by atoms with Gasteiger partial charge in [0.25, 0.3) is 0 Å². The summed E-state index contributed by atoms with van der Waals surface area (Å²) in [6, 6.07) is 0. The Morgan fingerprint density at radius 2 is 2.04 bits per heavy atom. The minimum atomic E-state index is -1.26. The van der Waals surface area contributed by atoms with Crippen LogP contribution in [0.2, 0.25) is 0 Å². The second-order valence-electron chi connectivity index (χ2n) is 8.63. The van der Waals surface area contributed by atoms with Crippen LogP contribution in [-0.4, -0.2) is 45.1 Å². The zero-order valence-electron chi connectivity index (χ0n) is 14.1. The number of aliphatic hydroxyl groups is 2. The molecule has 6 rings (SSSR count). The number of ether oxygens (including phenoxy) is 1. The summed E-state index contributed by atoms with van der Waals surface area (Å²) in [5.74, 6) is -3.16. The molecule has 0 aromatic heterocycles. The molecule has 6 nitrogen and oxygen atoms in total. The van der Waals surface area contributed by atoms with Crippen molar-refractivity contribution in [2.75, 3.05) is 0 Å². The molecule has 4 fully saturated rings. The highest BCUT2D eigenvalue weighted by Gasteiger charge is 2.84. The Morgan fingerprint density at radius 1 is 1.32 bits per heavy atom. The molecule has 4 bridgehead atoms. The molecule has 0 aromatic carbocycles. The maximum absolute atomic E-state index is 12.8. The number of esters is 1. The summed E-state index contributed by atoms with van der Waals surface area (Å²) in [6.45, 7) is 5.67. The molecule has 6 heteroatoms. The zero-order valence-corrected chi connectivity index (χ0v) is 14.1. The van der Waals surface area contributed by atoms with E-state index in [0.717, 1.165) is 6.42 Å². The number of hydrogen-bond donors (Lipinski definition) is 3. The lowest BCUT2D eigenvalue weighted by Gasteiger charge is -2.56. The van der Waals surface area contributed by atoms with Crippen molar-refractivity contribution in [3.63, 3.8) is 0 Å². The van der Waals surface area contributed by atoms with Gasteiger partial charge in [-0.2, -0.15) is 0 Å². The van der Waals surface area contributed by atoms with Gasteiger partial charge < -0.3 is 20.1 Å². The maximum Gasteiger partial charge on any atom is 0.315 e. The molecule has 5 aliphatic carbocycles. The van der Waals surface area contributed by atoms with Crippen LogP contribution in [-0.2, 0) is 14.3 Å². The highest BCUT2D eigenvalue weighted by Crippen LogP contribution is 2.77. The number of rotatable bonds is 1. The van der Waals surface area contributed by atoms with Gasteiger partial charge in [-0.15, -0.1) is 0 Å². The molecule has 6 aliphatic rings. The van der Waals surface area contributed by atoms with Crippen molar-refractivity contribution < 1.29 is 29.6 Å². The van der Waals surface area contributed by atoms with E-state index in [1.807, 2.05) is 6.08 Å². The smallest absolute Gasteiger partial charge is 0.315 e. The topological polar surface area (TPSA) is 104 Å². The van der Waals surface area contributed by atoms with Crippen LogP contribution in [0, 0.1) is 28.6 Å². The summed E-state index contributed by atoms with van der Waals surface area (Å²) < 4.78 is 5.95. The van der Waals surface area contributed by atoms with E-state index in [2.05, 4.69) is 6.58 Å². The number of aliphatic hydroxyl groups excluding tert-OH is 2. The van der Waals surface area contributed by atoms with Gasteiger partial charge in [-0.05, 0) is 43.8 Å². The van der Waals surface area contributed by atoms with Gasteiger partial charge in [0, 0.05) is 11.8 Å². The van der Waals surface area contributed by atoms with Crippen molar-refractivity contribution in [2.45, 2.75) is 50.4 Å². The number of carboxylic acid groups (broad SMARTS) is 1. The number of fused-ring (bicyclic) bond motifs is 2. The van der Waals surface area contributed by atoms with Crippen molar-refractivity contribution >= 4 is 11.9 Å². The molecule has 0 amide bonds. The molecule has 134 valence electrons. The first-order chi connectivity index (χ1) is 11.7. The summed E-state index contributed by atoms with van der Waals surface area (Å²) in [5.41, 5.74) is -1.87. The van der Waals surface area contributed by atoms with Gasteiger partial charge in [-0.25, -0.2) is 0 Å². The lowest BCUT2D eigenvalue weighted by molar-refractivity contribution is -0.174. The molecule has 0 aromatic rings. The fraction of sp³-hybridized carbons (Fsp3) is 0.684. The highest BCUT2D eigenvalue weighted by molar-refractivity contribution is 5.87. The van der Waals surface area contributed by atoms with Crippen LogP contribution in [0.15, 0.2) is 23.8 Å². The van der Waals surface area contributed by atoms with E-state index in [4.69, 9.17) is 4.74 Å². The van der Waals surface area contributed by atoms with Crippen molar-refractivity contribution in [2.24, 2.45) is 28.6 Å². The van der Waals surface area contributed by atoms with Gasteiger partial charge in [0.1, 0.15) is 5.60 Å². The molecule has 3 saturated carbocycles. The van der Waals surface area contributed by atoms with Crippen molar-refractivity contribution in [3.8, 4) is 0 Å². The van der Waals surface area contributed by atoms with Gasteiger partial charge in [0.05, 0.1) is 29.0 Å². The second kappa shape index (κ2) is 4.18. The molecule has 8 atom stereocenters. The van der Waals surface area contributed by atoms with Crippen LogP contribution in [0.4, 0.5) is 0 Å². The molecule has 0 radical (unpaired) electrons. The fourth-order valence-corrected chi connectivity index (χ4v) is 6.96. The van der Waals surface area contributed by atoms with Crippen LogP contribution in [0.1, 0.15) is 32.6 Å². The Labute approximate surface area is 145 Å². The summed E-state index contributed by atoms with van der Waals surface area (Å²) in [4.78, 5) is 25.0. The van der Waals surface area contributed by atoms with E-state index in [1.54, 1.807) is 6.92 Å². The third-order valence-corrected chi connectivity index (χ3v) is 8.07. The first kappa shape index (κ1) is 15.6. The minimum absolute atomic E-state index is 0.0303. The second-order valence-corrected chi connectivity index (χ2v) is 8.63. The van der Waals surface area contributed by atoms with Crippen LogP contribution in [0.25, 0.3) is 0 Å². The van der Waals surface area contributed by atoms with E-state index < -0.39 is 52.4 Å². The average molecular weight is 346 g/mol. The Bertz CT molecular complexity index is 770. The summed E-state index contributed by atoms with van der Waals surface area (Å²) in [5, 5.41) is 31.7. The Balaban J connectivity index is 1.85. The minimum Gasteiger partial charge on any atom is -0.481 e. The standard InChI is InChI=1S/C19H22O6/c1-8-9-3-5-18(14(8)21)10(7-9)12(15(22)23)13-17(2)11(20)4-6-19(13,18)25-16(17)24/h7,9,11-14,20-21H,1,3-6H2,2H3,(H,22,23)/t9-,11+,12-,13-,14+,17-,18-,19+/m0/s1. The van der Waals surface area contributed by atoms with E-state index in [9.17, 15) is 24.9 Å². The van der Waals surface area contributed by atoms with Crippen LogP contribution in [0.3, 0.4) is 0 Å². The van der Waals surface area contributed by atoms with Gasteiger partial charge in [0.2, 0.25) is 0 Å². The molecular formula is C19H22O6. The largest absolute Gasteiger partial charge is 0.481 e. The first-order valence-electron chi connectivity index (χ1n) is 8.95. The number of aliphatic carboxylic acids is 1. The molecule has 1 spiro atoms. The first-order valence-corrected chi connectivity index (χ1v) is 8.95. The lowest BCUT2D eigenvalue weighted by atomic mass is 9.50. The number of carbonyl (C=O) groups excluding carboxylic acids is 1. The monoisotopic (exact) mass is 346 g/mol. The number of allylic oxidation sites excluding steroid dienone is 1. The van der Waals surface area contributed by atoms with Crippen LogP contribution in [0.5, 0.6) is 0 Å². The fourth-order valence-electron chi connectivity index (χ4n) is 6.96. The van der Waals surface area contributed by atoms with Crippen molar-refractivity contribution in [3.05, 3.63) is 23.8 Å². The predicted molar refractivity (Wildman–Crippen MR) is 85.2 cm³/mol. The quantitative estimate of drug-likeness (QED) is 0.484. The third kappa shape index (κ3) is 1.30. The van der Waals surface area contributed by atoms with Crippen LogP contribution < -0.4 is 0 Å². The van der Waals surface area contributed by atoms with Gasteiger partial charge in [0.15, 0.2) is 0 Å². The molecule has 0 unspecified atom stereocenters. The maximum atomic E-state index is 12.8. The SMILES string of the molecule is C=C1[C@@H]2C=C3[C@H](C(=O)O)[C@H]4[C@@]5(C)C(=O)O[C@@]4(CC[C@H]5O)[C@]3(CC2)[C@@H]1O. The van der Waals surface area contributed by atoms with Crippen molar-refractivity contribution in [1.29, 1.82) is 0 Å². The zero-order chi connectivity index (χ0) is 17.9. The Kier molecular flexibility index (Phi) is 2.60. The highest BCUT2D eigenvalue weighted by atomic mass is 16.6. The van der Waals surface area contributed by atoms with E-state index in [1.165, 1.54) is 0 Å². The number of hydrogen-bond acceptors (Lipinski definition) is 5. The molecule has 25 heavy (non-hydrogen) atoms. The van der Waals surface area contributed by atoms with Crippen LogP contribution >= 0.6 is 0 Å². The summed E-state index contributed by atoms with van der Waals surface area (Å²) >= 11 is 0. The Morgan fingerprint density at radius 3 is 2.72 bits per heavy atom. The van der Waals surface area contributed by atoms with E-state index in [-0.39, 0.29) is 5.92 Å². The Hall–Kier alpha value is -1.66. The molecule has 1 heterocycles. The van der Waals surface area contributed by atoms with Crippen molar-refractivity contribution in [1.82, 2.24) is 0 Å². The van der Waals surface area contributed by atoms with Gasteiger partial charge in [-0.3, -0.25) is 9.59 Å². The molecular weight excluding hydrogens is 324 g/mol. The summed E-state index contributed by atoms with van der Waals surface area (Å²) in [7, 11) is 0. The average Bonchev–Trinajstić information content (AvgIpc) is 2.92. The van der Waals surface area contributed by atoms with E-state index in [0.29, 0.717) is 30.4 Å². The third-order valence-electron chi connectivity index (χ3n) is 8.07. The summed E-state index contributed by atoms with van der Waals surface area (Å²) in [6.07, 6.45) is 2.20. The predicted octanol–water partition coefficient (Wildman–Crippen LogP) is 1.03. The molecule has 1 saturated heterocycles. The number of carboxylic acids is 1. The number of carbonyl (C=O) groups is 2. The molecule has 1 aliphatic heterocycles. The van der Waals surface area contributed by atoms with Gasteiger partial charge in [-0.1, -0.05) is 12.7 Å². The van der Waals surface area contributed by atoms with E-state index >= 15 is 0 Å². The lowest BCUT2D eigenvalue weighted by Crippen LogP contribution is -2.61. The molecule has 3 N–H and O–H groups in total. The van der Waals surface area contributed by atoms with Gasteiger partial charge >= 0.3 is 11.9 Å². The normalized spacial score (nSPS) is 55.5.